The molecule has 3 aromatic rings. The summed E-state index contributed by atoms with van der Waals surface area (Å²) in [7, 11) is 3.09. The summed E-state index contributed by atoms with van der Waals surface area (Å²) in [5.74, 6) is 0.151. The van der Waals surface area contributed by atoms with E-state index in [1.807, 2.05) is 29.7 Å². The van der Waals surface area contributed by atoms with E-state index >= 15 is 0 Å². The van der Waals surface area contributed by atoms with E-state index in [-0.39, 0.29) is 30.4 Å². The SMILES string of the molecule is CCc1ccc(N2C(=O)NC(=O)C(Cc3ccc(OC)cc3OC)(CN3C[C@H]4C[C@H](C3)c3cccc(=O)n3C4)C2=O)cc1. The fraction of sp³-hybridized carbons (Fsp3) is 0.394. The van der Waals surface area contributed by atoms with Crippen LogP contribution in [0.25, 0.3) is 0 Å². The minimum absolute atomic E-state index is 0.00574. The number of urea groups is 1. The summed E-state index contributed by atoms with van der Waals surface area (Å²) in [6.45, 7) is 3.94. The first-order valence-corrected chi connectivity index (χ1v) is 14.7. The lowest BCUT2D eigenvalue weighted by Crippen LogP contribution is -2.68. The number of aryl methyl sites for hydroxylation is 1. The zero-order valence-electron chi connectivity index (χ0n) is 24.7. The maximum Gasteiger partial charge on any atom is 0.335 e. The molecular formula is C33H36N4O6. The molecular weight excluding hydrogens is 548 g/mol. The summed E-state index contributed by atoms with van der Waals surface area (Å²) < 4.78 is 12.9. The quantitative estimate of drug-likeness (QED) is 0.405. The van der Waals surface area contributed by atoms with Crippen molar-refractivity contribution in [2.24, 2.45) is 11.3 Å². The number of benzene rings is 2. The molecule has 3 aliphatic heterocycles. The Morgan fingerprint density at radius 3 is 2.44 bits per heavy atom. The van der Waals surface area contributed by atoms with Gasteiger partial charge < -0.3 is 18.9 Å². The third-order valence-corrected chi connectivity index (χ3v) is 9.11. The predicted octanol–water partition coefficient (Wildman–Crippen LogP) is 3.36. The van der Waals surface area contributed by atoms with E-state index in [0.29, 0.717) is 42.4 Å². The number of methoxy groups -OCH3 is 2. The van der Waals surface area contributed by atoms with Crippen LogP contribution in [0.5, 0.6) is 11.5 Å². The van der Waals surface area contributed by atoms with Crippen LogP contribution in [0.2, 0.25) is 0 Å². The molecule has 10 nitrogen and oxygen atoms in total. The lowest BCUT2D eigenvalue weighted by Gasteiger charge is -2.47. The Morgan fingerprint density at radius 2 is 1.72 bits per heavy atom. The summed E-state index contributed by atoms with van der Waals surface area (Å²) >= 11 is 0. The van der Waals surface area contributed by atoms with E-state index in [4.69, 9.17) is 9.47 Å². The van der Waals surface area contributed by atoms with Crippen molar-refractivity contribution in [3.8, 4) is 11.5 Å². The Morgan fingerprint density at radius 1 is 0.930 bits per heavy atom. The second-order valence-electron chi connectivity index (χ2n) is 11.7. The number of piperidine rings is 1. The zero-order chi connectivity index (χ0) is 30.3. The molecule has 0 spiro atoms. The highest BCUT2D eigenvalue weighted by atomic mass is 16.5. The number of ether oxygens (including phenoxy) is 2. The minimum Gasteiger partial charge on any atom is -0.497 e. The number of carbonyl (C=O) groups excluding carboxylic acids is 3. The number of aromatic nitrogens is 1. The van der Waals surface area contributed by atoms with Gasteiger partial charge in [-0.15, -0.1) is 0 Å². The van der Waals surface area contributed by atoms with E-state index < -0.39 is 23.3 Å². The van der Waals surface area contributed by atoms with Crippen LogP contribution in [-0.2, 0) is 29.0 Å². The van der Waals surface area contributed by atoms with Gasteiger partial charge in [-0.2, -0.15) is 0 Å². The standard InChI is InChI=1S/C33H36N4O6/c1-4-21-8-11-25(12-9-21)37-31(40)33(30(39)34-32(37)41,16-23-10-13-26(42-2)15-28(23)43-3)20-35-17-22-14-24(19-35)27-6-5-7-29(38)36(27)18-22/h5-13,15,22,24H,4,14,16-20H2,1-3H3,(H,34,39,41)/t22-,24-,33?/m1/s1. The molecule has 2 bridgehead atoms. The number of nitrogens with one attached hydrogen (secondary N) is 1. The van der Waals surface area contributed by atoms with Gasteiger partial charge in [0.15, 0.2) is 0 Å². The molecule has 1 aromatic heterocycles. The highest BCUT2D eigenvalue weighted by molar-refractivity contribution is 6.30. The molecule has 2 aromatic carbocycles. The largest absolute Gasteiger partial charge is 0.497 e. The summed E-state index contributed by atoms with van der Waals surface area (Å²) in [6, 6.07) is 17.1. The van der Waals surface area contributed by atoms with Crippen molar-refractivity contribution in [2.45, 2.75) is 38.6 Å². The highest BCUT2D eigenvalue weighted by Gasteiger charge is 2.56. The lowest BCUT2D eigenvalue weighted by molar-refractivity contribution is -0.144. The van der Waals surface area contributed by atoms with Crippen LogP contribution in [0, 0.1) is 11.3 Å². The van der Waals surface area contributed by atoms with Crippen molar-refractivity contribution in [2.75, 3.05) is 38.8 Å². The maximum atomic E-state index is 14.6. The van der Waals surface area contributed by atoms with Gasteiger partial charge in [-0.1, -0.05) is 31.2 Å². The van der Waals surface area contributed by atoms with Gasteiger partial charge in [0.1, 0.15) is 16.9 Å². The molecule has 4 amide bonds. The van der Waals surface area contributed by atoms with Crippen molar-refractivity contribution >= 4 is 23.5 Å². The number of pyridine rings is 1. The number of carbonyl (C=O) groups is 3. The average molecular weight is 585 g/mol. The molecule has 0 saturated carbocycles. The maximum absolute atomic E-state index is 14.6. The number of nitrogens with zero attached hydrogens (tertiary/aromatic N) is 3. The Hall–Kier alpha value is -4.44. The zero-order valence-corrected chi connectivity index (χ0v) is 24.7. The molecule has 1 unspecified atom stereocenters. The van der Waals surface area contributed by atoms with E-state index in [9.17, 15) is 19.2 Å². The average Bonchev–Trinajstić information content (AvgIpc) is 3.01. The molecule has 0 aliphatic carbocycles. The van der Waals surface area contributed by atoms with Gasteiger partial charge in [-0.3, -0.25) is 19.7 Å². The normalized spacial score (nSPS) is 23.5. The van der Waals surface area contributed by atoms with Gasteiger partial charge in [-0.05, 0) is 54.2 Å². The second kappa shape index (κ2) is 11.3. The van der Waals surface area contributed by atoms with E-state index in [1.165, 1.54) is 7.11 Å². The highest BCUT2D eigenvalue weighted by Crippen LogP contribution is 2.40. The first-order valence-electron chi connectivity index (χ1n) is 14.7. The number of likely N-dealkylation sites (tertiary alicyclic amines) is 1. The smallest absolute Gasteiger partial charge is 0.335 e. The molecule has 43 heavy (non-hydrogen) atoms. The number of hydrogen-bond donors (Lipinski definition) is 1. The molecule has 3 aliphatic rings. The predicted molar refractivity (Wildman–Crippen MR) is 161 cm³/mol. The molecule has 1 N–H and O–H groups in total. The Balaban J connectivity index is 1.40. The molecule has 6 rings (SSSR count). The van der Waals surface area contributed by atoms with Gasteiger partial charge in [0.2, 0.25) is 5.91 Å². The monoisotopic (exact) mass is 584 g/mol. The van der Waals surface area contributed by atoms with Gasteiger partial charge in [0.25, 0.3) is 11.5 Å². The molecule has 10 heteroatoms. The number of fused-ring (bicyclic) bond motifs is 4. The van der Waals surface area contributed by atoms with Gasteiger partial charge in [-0.25, -0.2) is 9.69 Å². The first kappa shape index (κ1) is 28.7. The summed E-state index contributed by atoms with van der Waals surface area (Å²) in [6.07, 6.45) is 1.77. The van der Waals surface area contributed by atoms with Crippen molar-refractivity contribution in [3.63, 3.8) is 0 Å². The fourth-order valence-corrected chi connectivity index (χ4v) is 6.97. The summed E-state index contributed by atoms with van der Waals surface area (Å²) in [5.41, 5.74) is 1.47. The molecule has 2 saturated heterocycles. The number of barbiturate groups is 1. The number of rotatable bonds is 8. The second-order valence-corrected chi connectivity index (χ2v) is 11.7. The van der Waals surface area contributed by atoms with Crippen LogP contribution in [-0.4, -0.2) is 61.2 Å². The molecule has 2 fully saturated rings. The minimum atomic E-state index is -1.62. The third kappa shape index (κ3) is 5.09. The number of amides is 4. The van der Waals surface area contributed by atoms with Gasteiger partial charge in [0.05, 0.1) is 19.9 Å². The van der Waals surface area contributed by atoms with Crippen LogP contribution in [0.3, 0.4) is 0 Å². The van der Waals surface area contributed by atoms with Crippen LogP contribution < -0.4 is 25.2 Å². The Bertz CT molecular complexity index is 1630. The summed E-state index contributed by atoms with van der Waals surface area (Å²) in [5, 5.41) is 2.51. The van der Waals surface area contributed by atoms with Crippen LogP contribution in [0.1, 0.15) is 36.1 Å². The molecule has 0 radical (unpaired) electrons. The van der Waals surface area contributed by atoms with Crippen LogP contribution in [0.4, 0.5) is 10.5 Å². The number of anilines is 1. The van der Waals surface area contributed by atoms with Crippen LogP contribution >= 0.6 is 0 Å². The fourth-order valence-electron chi connectivity index (χ4n) is 6.97. The number of imide groups is 2. The lowest BCUT2D eigenvalue weighted by atomic mass is 9.75. The Kier molecular flexibility index (Phi) is 7.56. The van der Waals surface area contributed by atoms with Gasteiger partial charge >= 0.3 is 6.03 Å². The van der Waals surface area contributed by atoms with E-state index in [2.05, 4.69) is 10.2 Å². The molecule has 4 heterocycles. The van der Waals surface area contributed by atoms with Crippen molar-refractivity contribution in [1.29, 1.82) is 0 Å². The van der Waals surface area contributed by atoms with Crippen molar-refractivity contribution in [1.82, 2.24) is 14.8 Å². The molecule has 3 atom stereocenters. The Labute approximate surface area is 250 Å². The van der Waals surface area contributed by atoms with E-state index in [0.717, 1.165) is 29.0 Å². The van der Waals surface area contributed by atoms with Crippen molar-refractivity contribution in [3.05, 3.63) is 87.8 Å². The number of hydrogen-bond acceptors (Lipinski definition) is 7. The molecule has 224 valence electrons. The topological polar surface area (TPSA) is 110 Å². The van der Waals surface area contributed by atoms with E-state index in [1.54, 1.807) is 49.6 Å². The third-order valence-electron chi connectivity index (χ3n) is 9.11. The van der Waals surface area contributed by atoms with Crippen LogP contribution in [0.15, 0.2) is 65.5 Å². The first-order chi connectivity index (χ1) is 20.8. The summed E-state index contributed by atoms with van der Waals surface area (Å²) in [4.78, 5) is 57.7. The van der Waals surface area contributed by atoms with Crippen molar-refractivity contribution < 1.29 is 23.9 Å². The van der Waals surface area contributed by atoms with Gasteiger partial charge in [0, 0.05) is 56.3 Å².